The van der Waals surface area contributed by atoms with Crippen LogP contribution in [-0.2, 0) is 4.43 Å². The zero-order chi connectivity index (χ0) is 8.91. The summed E-state index contributed by atoms with van der Waals surface area (Å²) in [6.45, 7) is 8.01. The molecule has 0 N–H and O–H groups in total. The van der Waals surface area contributed by atoms with Crippen LogP contribution in [0.15, 0.2) is 12.2 Å². The van der Waals surface area contributed by atoms with E-state index in [0.717, 1.165) is 0 Å². The summed E-state index contributed by atoms with van der Waals surface area (Å²) in [5, 5.41) is 8.58. The second-order valence-corrected chi connectivity index (χ2v) is 7.62. The molecule has 2 nitrogen and oxygen atoms in total. The van der Waals surface area contributed by atoms with Gasteiger partial charge in [-0.2, -0.15) is 6.08 Å². The van der Waals surface area contributed by atoms with Crippen molar-refractivity contribution in [3.05, 3.63) is 18.3 Å². The summed E-state index contributed by atoms with van der Waals surface area (Å²) < 4.78 is 5.44. The maximum absolute atomic E-state index is 8.58. The molecule has 4 heteroatoms. The van der Waals surface area contributed by atoms with Gasteiger partial charge in [0.2, 0.25) is 0 Å². The van der Waals surface area contributed by atoms with E-state index >= 15 is 0 Å². The van der Waals surface area contributed by atoms with Crippen molar-refractivity contribution < 1.29 is 23.3 Å². The summed E-state index contributed by atoms with van der Waals surface area (Å²) in [6.07, 6.45) is 3.92. The number of hydrogen-bond donors (Lipinski definition) is 0. The first-order chi connectivity index (χ1) is 4.99. The van der Waals surface area contributed by atoms with Crippen LogP contribution in [0.1, 0.15) is 6.92 Å². The van der Waals surface area contributed by atoms with E-state index < -0.39 is 8.32 Å². The molecule has 0 aromatic heterocycles. The smallest absolute Gasteiger partial charge is 0.465 e. The molecule has 0 aliphatic heterocycles. The Bertz CT molecular complexity index is 180. The van der Waals surface area contributed by atoms with Gasteiger partial charge in [0.1, 0.15) is 0 Å². The van der Waals surface area contributed by atoms with Crippen LogP contribution in [0, 0.1) is 17.4 Å². The number of allylic oxidation sites excluding steroid dienone is 1. The maximum atomic E-state index is 8.58. The van der Waals surface area contributed by atoms with Crippen LogP contribution >= 0.6 is 0 Å². The molecule has 0 amide bonds. The summed E-state index contributed by atoms with van der Waals surface area (Å²) >= 11 is 0. The van der Waals surface area contributed by atoms with Gasteiger partial charge in [0, 0.05) is 6.07 Å². The molecule has 0 aliphatic rings. The van der Waals surface area contributed by atoms with Crippen molar-refractivity contribution in [2.75, 3.05) is 0 Å². The van der Waals surface area contributed by atoms with Crippen LogP contribution in [0.2, 0.25) is 19.6 Å². The fourth-order valence-electron chi connectivity index (χ4n) is 0.575. The fourth-order valence-corrected chi connectivity index (χ4v) is 1.35. The normalized spacial score (nSPS) is 10.6. The molecule has 0 aliphatic carbocycles. The molecule has 0 rings (SSSR count). The minimum absolute atomic E-state index is 0. The van der Waals surface area contributed by atoms with E-state index in [2.05, 4.69) is 0 Å². The molecule has 0 unspecified atom stereocenters. The molecule has 0 radical (unpaired) electrons. The summed E-state index contributed by atoms with van der Waals surface area (Å²) in [5.74, 6) is 0. The topological polar surface area (TPSA) is 33.0 Å². The van der Waals surface area contributed by atoms with Crippen LogP contribution in [0.25, 0.3) is 0 Å². The molecule has 62 valence electrons. The Hall–Kier alpha value is -0.126. The summed E-state index contributed by atoms with van der Waals surface area (Å²) in [7, 11) is -1.59. The molecule has 0 bridgehead atoms. The van der Waals surface area contributed by atoms with Gasteiger partial charge in [-0.15, -0.1) is 6.92 Å². The molecule has 12 heavy (non-hydrogen) atoms. The number of nitriles is 1. The molecule has 0 aromatic carbocycles. The van der Waals surface area contributed by atoms with E-state index in [-0.39, 0.29) is 18.9 Å². The van der Waals surface area contributed by atoms with Crippen LogP contribution in [0.4, 0.5) is 0 Å². The van der Waals surface area contributed by atoms with Gasteiger partial charge in [-0.05, 0) is 25.7 Å². The third-order valence-corrected chi connectivity index (χ3v) is 1.68. The zero-order valence-electron chi connectivity index (χ0n) is 8.51. The van der Waals surface area contributed by atoms with Crippen molar-refractivity contribution in [3.63, 3.8) is 0 Å². The molecule has 0 saturated carbocycles. The zero-order valence-corrected chi connectivity index (χ0v) is 9.51. The van der Waals surface area contributed by atoms with E-state index in [1.807, 2.05) is 32.6 Å². The predicted molar refractivity (Wildman–Crippen MR) is 48.1 cm³/mol. The van der Waals surface area contributed by atoms with Crippen molar-refractivity contribution in [3.8, 4) is 6.07 Å². The van der Waals surface area contributed by atoms with Gasteiger partial charge in [0.15, 0.2) is 8.32 Å². The second kappa shape index (κ2) is 6.40. The Kier molecular flexibility index (Phi) is 7.68. The maximum Gasteiger partial charge on any atom is 1.00 e. The average molecular weight is 175 g/mol. The molecule has 0 fully saturated rings. The van der Waals surface area contributed by atoms with Crippen molar-refractivity contribution in [2.24, 2.45) is 0 Å². The van der Waals surface area contributed by atoms with E-state index in [4.69, 9.17) is 9.69 Å². The number of hydrogen-bond acceptors (Lipinski definition) is 2. The first kappa shape index (κ1) is 14.4. The van der Waals surface area contributed by atoms with Crippen LogP contribution in [-0.4, -0.2) is 8.32 Å². The first-order valence-corrected chi connectivity index (χ1v) is 6.99. The quantitative estimate of drug-likeness (QED) is 0.427. The molecular formula is C8H14LiNOSi. The predicted octanol–water partition coefficient (Wildman–Crippen LogP) is -0.526. The van der Waals surface area contributed by atoms with E-state index in [1.54, 1.807) is 12.2 Å². The van der Waals surface area contributed by atoms with E-state index in [9.17, 15) is 0 Å². The van der Waals surface area contributed by atoms with Crippen LogP contribution < -0.4 is 18.9 Å². The van der Waals surface area contributed by atoms with Crippen molar-refractivity contribution >= 4 is 8.32 Å². The van der Waals surface area contributed by atoms with Crippen molar-refractivity contribution in [1.29, 1.82) is 5.26 Å². The molecule has 0 atom stereocenters. The van der Waals surface area contributed by atoms with Gasteiger partial charge >= 0.3 is 18.9 Å². The summed E-state index contributed by atoms with van der Waals surface area (Å²) in [5.41, 5.74) is 0. The van der Waals surface area contributed by atoms with Gasteiger partial charge in [-0.1, -0.05) is 0 Å². The Morgan fingerprint density at radius 1 is 1.42 bits per heavy atom. The van der Waals surface area contributed by atoms with E-state index in [1.165, 1.54) is 0 Å². The minimum Gasteiger partial charge on any atom is -0.465 e. The summed E-state index contributed by atoms with van der Waals surface area (Å²) in [4.78, 5) is 0. The van der Waals surface area contributed by atoms with Gasteiger partial charge in [-0.25, -0.2) is 11.3 Å². The third kappa shape index (κ3) is 7.98. The van der Waals surface area contributed by atoms with Crippen molar-refractivity contribution in [2.45, 2.75) is 26.6 Å². The van der Waals surface area contributed by atoms with Gasteiger partial charge in [0.25, 0.3) is 0 Å². The number of rotatable bonds is 3. The Morgan fingerprint density at radius 3 is 2.17 bits per heavy atom. The molecule has 0 saturated heterocycles. The Labute approximate surface area is 87.9 Å². The Balaban J connectivity index is 0. The minimum atomic E-state index is -1.59. The third-order valence-electron chi connectivity index (χ3n) is 0.844. The SMILES string of the molecule is C/C=C/[C-](C#N)O[Si](C)(C)C.[Li+]. The van der Waals surface area contributed by atoms with Crippen LogP contribution in [0.5, 0.6) is 0 Å². The molecule has 0 aromatic rings. The molecule has 0 spiro atoms. The van der Waals surface area contributed by atoms with Crippen molar-refractivity contribution in [1.82, 2.24) is 0 Å². The van der Waals surface area contributed by atoms with Crippen LogP contribution in [0.3, 0.4) is 0 Å². The Morgan fingerprint density at radius 2 is 1.92 bits per heavy atom. The monoisotopic (exact) mass is 175 g/mol. The second-order valence-electron chi connectivity index (χ2n) is 3.19. The van der Waals surface area contributed by atoms with Gasteiger partial charge in [-0.3, -0.25) is 0 Å². The first-order valence-electron chi connectivity index (χ1n) is 3.58. The summed E-state index contributed by atoms with van der Waals surface area (Å²) in [6, 6.07) is 2.00. The van der Waals surface area contributed by atoms with Gasteiger partial charge < -0.3 is 4.43 Å². The molecule has 0 heterocycles. The largest absolute Gasteiger partial charge is 1.00 e. The van der Waals surface area contributed by atoms with Gasteiger partial charge in [0.05, 0.1) is 0 Å². The number of nitrogens with zero attached hydrogens (tertiary/aromatic N) is 1. The fraction of sp³-hybridized carbons (Fsp3) is 0.500. The van der Waals surface area contributed by atoms with E-state index in [0.29, 0.717) is 6.10 Å². The molecular weight excluding hydrogens is 161 g/mol. The average Bonchev–Trinajstić information content (AvgIpc) is 1.84. The standard InChI is InChI=1S/C8H14NOSi.Li/c1-5-6-8(7-9)10-11(2,3)4;/h5-6H,1-4H3;/q-1;+1/b6-5+;.